The van der Waals surface area contributed by atoms with E-state index in [0.29, 0.717) is 0 Å². The van der Waals surface area contributed by atoms with Crippen molar-refractivity contribution < 1.29 is 0 Å². The molecule has 0 unspecified atom stereocenters. The Balaban J connectivity index is 1.57. The van der Waals surface area contributed by atoms with Crippen LogP contribution in [-0.4, -0.2) is 6.54 Å². The second-order valence-electron chi connectivity index (χ2n) is 5.30. The van der Waals surface area contributed by atoms with E-state index in [1.54, 1.807) is 11.3 Å². The van der Waals surface area contributed by atoms with Crippen LogP contribution in [0.25, 0.3) is 0 Å². The van der Waals surface area contributed by atoms with Gasteiger partial charge in [-0.1, -0.05) is 44.2 Å². The lowest BCUT2D eigenvalue weighted by molar-refractivity contribution is 0.275. The highest BCUT2D eigenvalue weighted by atomic mass is 35.5. The summed E-state index contributed by atoms with van der Waals surface area (Å²) in [5.74, 6) is 1.93. The maximum atomic E-state index is 5.90. The van der Waals surface area contributed by atoms with Gasteiger partial charge in [0.25, 0.3) is 0 Å². The van der Waals surface area contributed by atoms with Crippen molar-refractivity contribution in [2.75, 3.05) is 6.54 Å². The first-order valence-corrected chi connectivity index (χ1v) is 7.88. The Morgan fingerprint density at radius 1 is 1.29 bits per heavy atom. The van der Waals surface area contributed by atoms with Gasteiger partial charge in [0.2, 0.25) is 0 Å². The molecule has 1 aromatic heterocycles. The summed E-state index contributed by atoms with van der Waals surface area (Å²) in [6.07, 6.45) is 7.09. The summed E-state index contributed by atoms with van der Waals surface area (Å²) < 4.78 is 0.892. The molecule has 0 aliphatic heterocycles. The van der Waals surface area contributed by atoms with Gasteiger partial charge in [-0.15, -0.1) is 11.3 Å². The molecule has 1 nitrogen and oxygen atoms in total. The lowest BCUT2D eigenvalue weighted by Gasteiger charge is -2.26. The summed E-state index contributed by atoms with van der Waals surface area (Å²) >= 11 is 7.58. The molecule has 1 aliphatic carbocycles. The average molecular weight is 272 g/mol. The zero-order valence-electron chi connectivity index (χ0n) is 10.5. The summed E-state index contributed by atoms with van der Waals surface area (Å²) in [5, 5.41) is 3.53. The van der Waals surface area contributed by atoms with Crippen LogP contribution in [0.1, 0.15) is 43.9 Å². The standard InChI is InChI=1S/C14H22ClNS/c1-11-2-4-12(5-3-11)8-9-16-10-13-6-7-14(15)17-13/h6-7,11-12,16H,2-5,8-10H2,1H3. The number of nitrogens with one attached hydrogen (secondary N) is 1. The van der Waals surface area contributed by atoms with Gasteiger partial charge in [-0.2, -0.15) is 0 Å². The molecule has 0 radical (unpaired) electrons. The van der Waals surface area contributed by atoms with Gasteiger partial charge in [0.15, 0.2) is 0 Å². The molecule has 0 aromatic carbocycles. The molecule has 0 spiro atoms. The number of thiophene rings is 1. The lowest BCUT2D eigenvalue weighted by atomic mass is 9.81. The highest BCUT2D eigenvalue weighted by Gasteiger charge is 2.17. The van der Waals surface area contributed by atoms with Gasteiger partial charge < -0.3 is 5.32 Å². The van der Waals surface area contributed by atoms with Gasteiger partial charge in [0, 0.05) is 11.4 Å². The Labute approximate surface area is 114 Å². The van der Waals surface area contributed by atoms with Gasteiger partial charge in [-0.05, 0) is 36.9 Å². The number of hydrogen-bond acceptors (Lipinski definition) is 2. The largest absolute Gasteiger partial charge is 0.312 e. The lowest BCUT2D eigenvalue weighted by Crippen LogP contribution is -2.20. The molecule has 1 heterocycles. The van der Waals surface area contributed by atoms with Gasteiger partial charge in [-0.25, -0.2) is 0 Å². The van der Waals surface area contributed by atoms with E-state index in [2.05, 4.69) is 18.3 Å². The smallest absolute Gasteiger partial charge is 0.0931 e. The average Bonchev–Trinajstić information content (AvgIpc) is 2.73. The van der Waals surface area contributed by atoms with E-state index in [-0.39, 0.29) is 0 Å². The Morgan fingerprint density at radius 2 is 2.06 bits per heavy atom. The first-order chi connectivity index (χ1) is 8.24. The van der Waals surface area contributed by atoms with E-state index in [4.69, 9.17) is 11.6 Å². The van der Waals surface area contributed by atoms with E-state index < -0.39 is 0 Å². The van der Waals surface area contributed by atoms with Crippen LogP contribution in [0.15, 0.2) is 12.1 Å². The molecule has 0 bridgehead atoms. The van der Waals surface area contributed by atoms with Gasteiger partial charge >= 0.3 is 0 Å². The molecular weight excluding hydrogens is 250 g/mol. The van der Waals surface area contributed by atoms with Crippen LogP contribution in [0.4, 0.5) is 0 Å². The molecule has 0 atom stereocenters. The third kappa shape index (κ3) is 4.61. The first-order valence-electron chi connectivity index (χ1n) is 6.69. The molecule has 1 aliphatic rings. The second-order valence-corrected chi connectivity index (χ2v) is 7.10. The van der Waals surface area contributed by atoms with Gasteiger partial charge in [-0.3, -0.25) is 0 Å². The fourth-order valence-corrected chi connectivity index (χ4v) is 3.64. The molecule has 1 aromatic rings. The van der Waals surface area contributed by atoms with Gasteiger partial charge in [0.05, 0.1) is 4.34 Å². The SMILES string of the molecule is CC1CCC(CCNCc2ccc(Cl)s2)CC1. The van der Waals surface area contributed by atoms with E-state index >= 15 is 0 Å². The van der Waals surface area contributed by atoms with Crippen molar-refractivity contribution in [1.29, 1.82) is 0 Å². The monoisotopic (exact) mass is 271 g/mol. The number of hydrogen-bond donors (Lipinski definition) is 1. The molecule has 3 heteroatoms. The van der Waals surface area contributed by atoms with Crippen LogP contribution < -0.4 is 5.32 Å². The fraction of sp³-hybridized carbons (Fsp3) is 0.714. The Morgan fingerprint density at radius 3 is 2.71 bits per heavy atom. The Bertz CT molecular complexity index is 329. The van der Waals surface area contributed by atoms with E-state index in [9.17, 15) is 0 Å². The minimum absolute atomic E-state index is 0.892. The van der Waals surface area contributed by atoms with Crippen molar-refractivity contribution >= 4 is 22.9 Å². The van der Waals surface area contributed by atoms with Crippen molar-refractivity contribution in [3.63, 3.8) is 0 Å². The van der Waals surface area contributed by atoms with Crippen molar-refractivity contribution in [1.82, 2.24) is 5.32 Å². The predicted molar refractivity (Wildman–Crippen MR) is 76.8 cm³/mol. The van der Waals surface area contributed by atoms with Gasteiger partial charge in [0.1, 0.15) is 0 Å². The zero-order chi connectivity index (χ0) is 12.1. The first kappa shape index (κ1) is 13.4. The minimum Gasteiger partial charge on any atom is -0.312 e. The maximum Gasteiger partial charge on any atom is 0.0931 e. The summed E-state index contributed by atoms with van der Waals surface area (Å²) in [6, 6.07) is 4.09. The van der Waals surface area contributed by atoms with E-state index in [1.165, 1.54) is 37.0 Å². The molecule has 1 fully saturated rings. The highest BCUT2D eigenvalue weighted by molar-refractivity contribution is 7.16. The summed E-state index contributed by atoms with van der Waals surface area (Å²) in [4.78, 5) is 1.34. The van der Waals surface area contributed by atoms with Crippen LogP contribution in [0.5, 0.6) is 0 Å². The van der Waals surface area contributed by atoms with Crippen LogP contribution in [-0.2, 0) is 6.54 Å². The summed E-state index contributed by atoms with van der Waals surface area (Å²) in [7, 11) is 0. The molecule has 96 valence electrons. The normalized spacial score (nSPS) is 25.1. The van der Waals surface area contributed by atoms with Crippen molar-refractivity contribution in [3.8, 4) is 0 Å². The van der Waals surface area contributed by atoms with Crippen molar-refractivity contribution in [3.05, 3.63) is 21.3 Å². The maximum absolute atomic E-state index is 5.90. The minimum atomic E-state index is 0.892. The quantitative estimate of drug-likeness (QED) is 0.765. The predicted octanol–water partition coefficient (Wildman–Crippen LogP) is 4.71. The molecule has 1 N–H and O–H groups in total. The highest BCUT2D eigenvalue weighted by Crippen LogP contribution is 2.30. The van der Waals surface area contributed by atoms with Crippen LogP contribution in [0, 0.1) is 11.8 Å². The van der Waals surface area contributed by atoms with Crippen LogP contribution >= 0.6 is 22.9 Å². The molecule has 0 amide bonds. The third-order valence-electron chi connectivity index (χ3n) is 3.79. The summed E-state index contributed by atoms with van der Waals surface area (Å²) in [5.41, 5.74) is 0. The van der Waals surface area contributed by atoms with E-state index in [0.717, 1.165) is 29.3 Å². The zero-order valence-corrected chi connectivity index (χ0v) is 12.1. The molecule has 1 saturated carbocycles. The Kier molecular flexibility index (Phi) is 5.33. The van der Waals surface area contributed by atoms with E-state index in [1.807, 2.05) is 6.07 Å². The summed E-state index contributed by atoms with van der Waals surface area (Å²) in [6.45, 7) is 4.50. The molecular formula is C14H22ClNS. The second kappa shape index (κ2) is 6.77. The van der Waals surface area contributed by atoms with Crippen LogP contribution in [0.2, 0.25) is 4.34 Å². The van der Waals surface area contributed by atoms with Crippen LogP contribution in [0.3, 0.4) is 0 Å². The number of halogens is 1. The number of rotatable bonds is 5. The van der Waals surface area contributed by atoms with Crippen molar-refractivity contribution in [2.45, 2.75) is 45.6 Å². The molecule has 0 saturated heterocycles. The van der Waals surface area contributed by atoms with Crippen molar-refractivity contribution in [2.24, 2.45) is 11.8 Å². The third-order valence-corrected chi connectivity index (χ3v) is 5.02. The Hall–Kier alpha value is -0.0500. The molecule has 17 heavy (non-hydrogen) atoms. The topological polar surface area (TPSA) is 12.0 Å². The molecule has 2 rings (SSSR count). The fourth-order valence-electron chi connectivity index (χ4n) is 2.58.